The van der Waals surface area contributed by atoms with Gasteiger partial charge in [-0.15, -0.1) is 0 Å². The minimum atomic E-state index is -1.03. The van der Waals surface area contributed by atoms with Crippen LogP contribution >= 0.6 is 0 Å². The Hall–Kier alpha value is -4.46. The Labute approximate surface area is 202 Å². The normalized spacial score (nSPS) is 15.0. The van der Waals surface area contributed by atoms with E-state index < -0.39 is 23.8 Å². The smallest absolute Gasteiger partial charge is 0.335 e. The van der Waals surface area contributed by atoms with Gasteiger partial charge in [0, 0.05) is 17.1 Å². The number of urea groups is 1. The van der Waals surface area contributed by atoms with E-state index in [0.717, 1.165) is 33.8 Å². The Morgan fingerprint density at radius 2 is 1.69 bits per heavy atom. The van der Waals surface area contributed by atoms with Crippen LogP contribution in [0.5, 0.6) is 0 Å². The minimum absolute atomic E-state index is 0.156. The molecule has 2 aromatic carbocycles. The molecule has 0 spiro atoms. The summed E-state index contributed by atoms with van der Waals surface area (Å²) in [7, 11) is 0. The van der Waals surface area contributed by atoms with E-state index >= 15 is 0 Å². The topological polar surface area (TPSA) is 109 Å². The molecule has 0 radical (unpaired) electrons. The first kappa shape index (κ1) is 23.7. The molecule has 3 aromatic rings. The highest BCUT2D eigenvalue weighted by atomic mass is 16.4. The summed E-state index contributed by atoms with van der Waals surface area (Å²) in [4.78, 5) is 50.8. The highest BCUT2D eigenvalue weighted by Crippen LogP contribution is 2.28. The fourth-order valence-electron chi connectivity index (χ4n) is 4.22. The lowest BCUT2D eigenvalue weighted by molar-refractivity contribution is -0.122. The van der Waals surface area contributed by atoms with Crippen molar-refractivity contribution >= 4 is 35.6 Å². The zero-order chi connectivity index (χ0) is 25.4. The molecule has 1 aromatic heterocycles. The van der Waals surface area contributed by atoms with Gasteiger partial charge in [0.05, 0.1) is 11.3 Å². The number of carboxylic acids is 1. The number of aromatic carboxylic acids is 1. The van der Waals surface area contributed by atoms with Gasteiger partial charge in [0.25, 0.3) is 11.8 Å². The van der Waals surface area contributed by atoms with E-state index in [4.69, 9.17) is 0 Å². The highest BCUT2D eigenvalue weighted by molar-refractivity contribution is 6.39. The third-order valence-electron chi connectivity index (χ3n) is 6.17. The quantitative estimate of drug-likeness (QED) is 0.425. The van der Waals surface area contributed by atoms with Gasteiger partial charge in [-0.1, -0.05) is 25.1 Å². The zero-order valence-corrected chi connectivity index (χ0v) is 19.9. The Morgan fingerprint density at radius 1 is 1.00 bits per heavy atom. The number of benzene rings is 2. The van der Waals surface area contributed by atoms with Gasteiger partial charge in [0.1, 0.15) is 5.57 Å². The van der Waals surface area contributed by atoms with Crippen molar-refractivity contribution in [2.45, 2.75) is 34.1 Å². The van der Waals surface area contributed by atoms with E-state index in [1.165, 1.54) is 6.08 Å². The summed E-state index contributed by atoms with van der Waals surface area (Å²) in [6, 6.07) is 12.9. The molecule has 1 saturated heterocycles. The first-order chi connectivity index (χ1) is 16.6. The Kier molecular flexibility index (Phi) is 6.13. The van der Waals surface area contributed by atoms with Crippen LogP contribution in [-0.4, -0.2) is 33.5 Å². The van der Waals surface area contributed by atoms with Gasteiger partial charge in [-0.25, -0.2) is 14.5 Å². The van der Waals surface area contributed by atoms with Gasteiger partial charge in [-0.05, 0) is 80.3 Å². The van der Waals surface area contributed by atoms with E-state index in [-0.39, 0.29) is 11.1 Å². The lowest BCUT2D eigenvalue weighted by Crippen LogP contribution is -2.54. The van der Waals surface area contributed by atoms with Gasteiger partial charge < -0.3 is 9.67 Å². The zero-order valence-electron chi connectivity index (χ0n) is 19.9. The molecule has 0 atom stereocenters. The van der Waals surface area contributed by atoms with Gasteiger partial charge in [-0.3, -0.25) is 14.9 Å². The van der Waals surface area contributed by atoms with Gasteiger partial charge in [0.15, 0.2) is 0 Å². The average molecular weight is 472 g/mol. The maximum Gasteiger partial charge on any atom is 0.335 e. The molecule has 1 aliphatic rings. The summed E-state index contributed by atoms with van der Waals surface area (Å²) in [5.41, 5.74) is 5.10. The third-order valence-corrected chi connectivity index (χ3v) is 6.17. The second kappa shape index (κ2) is 9.06. The molecule has 4 amide bonds. The minimum Gasteiger partial charge on any atom is -0.478 e. The summed E-state index contributed by atoms with van der Waals surface area (Å²) in [6.07, 6.45) is 2.28. The van der Waals surface area contributed by atoms with Gasteiger partial charge in [-0.2, -0.15) is 0 Å². The maximum absolute atomic E-state index is 13.3. The van der Waals surface area contributed by atoms with Crippen molar-refractivity contribution in [1.29, 1.82) is 0 Å². The number of anilines is 1. The van der Waals surface area contributed by atoms with E-state index in [1.54, 1.807) is 30.3 Å². The molecule has 2 heterocycles. The molecule has 178 valence electrons. The van der Waals surface area contributed by atoms with Crippen LogP contribution in [0.2, 0.25) is 0 Å². The number of hydrogen-bond donors (Lipinski definition) is 2. The number of aromatic nitrogens is 1. The van der Waals surface area contributed by atoms with Crippen molar-refractivity contribution < 1.29 is 24.3 Å². The van der Waals surface area contributed by atoms with Crippen LogP contribution in [0.1, 0.15) is 45.4 Å². The second-order valence-corrected chi connectivity index (χ2v) is 8.45. The van der Waals surface area contributed by atoms with E-state index in [0.29, 0.717) is 16.9 Å². The lowest BCUT2D eigenvalue weighted by atomic mass is 10.1. The Bertz CT molecular complexity index is 1410. The van der Waals surface area contributed by atoms with Crippen LogP contribution < -0.4 is 10.2 Å². The number of amides is 4. The lowest BCUT2D eigenvalue weighted by Gasteiger charge is -2.26. The summed E-state index contributed by atoms with van der Waals surface area (Å²) in [6.45, 7) is 7.56. The van der Waals surface area contributed by atoms with Crippen molar-refractivity contribution in [2.24, 2.45) is 0 Å². The molecular formula is C27H25N3O5. The van der Waals surface area contributed by atoms with E-state index in [1.807, 2.05) is 50.5 Å². The fourth-order valence-corrected chi connectivity index (χ4v) is 4.22. The van der Waals surface area contributed by atoms with Crippen LogP contribution in [0.3, 0.4) is 0 Å². The van der Waals surface area contributed by atoms with Crippen molar-refractivity contribution in [3.63, 3.8) is 0 Å². The first-order valence-electron chi connectivity index (χ1n) is 11.2. The number of hydrogen-bond acceptors (Lipinski definition) is 4. The number of rotatable bonds is 5. The number of carboxylic acid groups (broad SMARTS) is 1. The Morgan fingerprint density at radius 3 is 2.31 bits per heavy atom. The van der Waals surface area contributed by atoms with Crippen molar-refractivity contribution in [2.75, 3.05) is 4.90 Å². The summed E-state index contributed by atoms with van der Waals surface area (Å²) >= 11 is 0. The molecule has 8 heteroatoms. The molecule has 35 heavy (non-hydrogen) atoms. The molecule has 4 rings (SSSR count). The predicted octanol–water partition coefficient (Wildman–Crippen LogP) is 4.33. The molecule has 8 nitrogen and oxygen atoms in total. The first-order valence-corrected chi connectivity index (χ1v) is 11.2. The number of nitrogens with one attached hydrogen (secondary N) is 1. The second-order valence-electron chi connectivity index (χ2n) is 8.45. The molecular weight excluding hydrogens is 446 g/mol. The largest absolute Gasteiger partial charge is 0.478 e. The molecule has 0 unspecified atom stereocenters. The maximum atomic E-state index is 13.3. The standard InChI is InChI=1S/C27H25N3O5/c1-5-18-7-10-21(11-8-18)30-25(32)22(24(31)28-27(30)35)13-20-12-16(3)29(17(20)4)23-14-19(26(33)34)9-6-15(23)2/h6-14H,5H2,1-4H3,(H,33,34)(H,28,31,35)/b22-13-. The van der Waals surface area contributed by atoms with Crippen LogP contribution in [0, 0.1) is 20.8 Å². The predicted molar refractivity (Wildman–Crippen MR) is 132 cm³/mol. The van der Waals surface area contributed by atoms with Crippen LogP contribution in [0.15, 0.2) is 54.1 Å². The molecule has 0 bridgehead atoms. The number of barbiturate groups is 1. The number of carbonyl (C=O) groups is 4. The Balaban J connectivity index is 1.77. The fraction of sp³-hybridized carbons (Fsp3) is 0.185. The molecule has 1 aliphatic heterocycles. The number of imide groups is 2. The summed E-state index contributed by atoms with van der Waals surface area (Å²) < 4.78 is 1.88. The number of nitrogens with zero attached hydrogens (tertiary/aromatic N) is 2. The summed E-state index contributed by atoms with van der Waals surface area (Å²) in [5, 5.41) is 11.6. The van der Waals surface area contributed by atoms with Crippen molar-refractivity contribution in [1.82, 2.24) is 9.88 Å². The number of carbonyl (C=O) groups excluding carboxylic acids is 3. The summed E-state index contributed by atoms with van der Waals surface area (Å²) in [5.74, 6) is -2.51. The monoisotopic (exact) mass is 471 g/mol. The van der Waals surface area contributed by atoms with Gasteiger partial charge >= 0.3 is 12.0 Å². The molecule has 1 fully saturated rings. The van der Waals surface area contributed by atoms with Crippen LogP contribution in [-0.2, 0) is 16.0 Å². The van der Waals surface area contributed by atoms with Crippen molar-refractivity contribution in [3.8, 4) is 5.69 Å². The van der Waals surface area contributed by atoms with E-state index in [9.17, 15) is 24.3 Å². The molecule has 2 N–H and O–H groups in total. The van der Waals surface area contributed by atoms with Crippen molar-refractivity contribution in [3.05, 3.63) is 87.7 Å². The SMILES string of the molecule is CCc1ccc(N2C(=O)NC(=O)/C(=C/c3cc(C)n(-c4cc(C(=O)O)ccc4C)c3C)C2=O)cc1. The van der Waals surface area contributed by atoms with Crippen LogP contribution in [0.25, 0.3) is 11.8 Å². The molecule has 0 saturated carbocycles. The average Bonchev–Trinajstić information content (AvgIpc) is 3.09. The van der Waals surface area contributed by atoms with Gasteiger partial charge in [0.2, 0.25) is 0 Å². The highest BCUT2D eigenvalue weighted by Gasteiger charge is 2.37. The third kappa shape index (κ3) is 4.26. The molecule has 0 aliphatic carbocycles. The number of aryl methyl sites for hydroxylation is 3. The van der Waals surface area contributed by atoms with Crippen LogP contribution in [0.4, 0.5) is 10.5 Å². The van der Waals surface area contributed by atoms with E-state index in [2.05, 4.69) is 5.32 Å².